The van der Waals surface area contributed by atoms with E-state index in [0.717, 1.165) is 51.4 Å². The molecule has 2 atom stereocenters. The molecule has 200 valence electrons. The molecule has 2 N–H and O–H groups in total. The third-order valence-electron chi connectivity index (χ3n) is 8.90. The van der Waals surface area contributed by atoms with E-state index in [1.807, 2.05) is 4.90 Å². The van der Waals surface area contributed by atoms with Crippen LogP contribution in [0.15, 0.2) is 30.3 Å². The first-order valence-corrected chi connectivity index (χ1v) is 13.5. The third-order valence-corrected chi connectivity index (χ3v) is 8.90. The van der Waals surface area contributed by atoms with Crippen molar-refractivity contribution >= 4 is 11.9 Å². The van der Waals surface area contributed by atoms with E-state index in [4.69, 9.17) is 4.74 Å². The number of hydrogen-bond acceptors (Lipinski definition) is 5. The zero-order chi connectivity index (χ0) is 25.8. The number of carbonyl (C=O) groups excluding carboxylic acids is 2. The van der Waals surface area contributed by atoms with Gasteiger partial charge in [-0.25, -0.2) is 4.79 Å². The molecule has 2 aliphatic carbocycles. The Balaban J connectivity index is 1.45. The second-order valence-electron chi connectivity index (χ2n) is 11.3. The molecule has 4 rings (SSSR count). The molecule has 1 saturated heterocycles. The predicted octanol–water partition coefficient (Wildman–Crippen LogP) is 2.81. The van der Waals surface area contributed by atoms with Crippen LogP contribution in [0.2, 0.25) is 0 Å². The number of aliphatic hydroxyl groups is 1. The number of hydrogen-bond donors (Lipinski definition) is 2. The zero-order valence-electron chi connectivity index (χ0n) is 22.2. The third kappa shape index (κ3) is 5.55. The molecule has 8 heteroatoms. The molecule has 0 unspecified atom stereocenters. The van der Waals surface area contributed by atoms with E-state index >= 15 is 0 Å². The maximum Gasteiger partial charge on any atom is 0.321 e. The molecule has 3 amide bonds. The van der Waals surface area contributed by atoms with Crippen LogP contribution in [0.4, 0.5) is 4.79 Å². The first-order chi connectivity index (χ1) is 17.3. The van der Waals surface area contributed by atoms with E-state index in [1.165, 1.54) is 5.56 Å². The maximum absolute atomic E-state index is 13.6. The Morgan fingerprint density at radius 2 is 1.89 bits per heavy atom. The number of rotatable bonds is 10. The molecule has 0 radical (unpaired) electrons. The topological polar surface area (TPSA) is 85.3 Å². The van der Waals surface area contributed by atoms with Crippen molar-refractivity contribution in [2.24, 2.45) is 5.92 Å². The van der Waals surface area contributed by atoms with Gasteiger partial charge in [-0.1, -0.05) is 30.3 Å². The number of amides is 3. The molecule has 1 aromatic rings. The second kappa shape index (κ2) is 11.5. The number of methoxy groups -OCH3 is 1. The highest BCUT2D eigenvalue weighted by Crippen LogP contribution is 2.48. The quantitative estimate of drug-likeness (QED) is 0.483. The van der Waals surface area contributed by atoms with Crippen molar-refractivity contribution in [1.29, 1.82) is 0 Å². The van der Waals surface area contributed by atoms with Gasteiger partial charge in [0.15, 0.2) is 0 Å². The second-order valence-corrected chi connectivity index (χ2v) is 11.3. The van der Waals surface area contributed by atoms with Gasteiger partial charge in [-0.05, 0) is 76.9 Å². The number of nitrogens with zero attached hydrogens (tertiary/aromatic N) is 3. The van der Waals surface area contributed by atoms with Crippen LogP contribution in [0.25, 0.3) is 0 Å². The van der Waals surface area contributed by atoms with Gasteiger partial charge in [-0.3, -0.25) is 9.69 Å². The predicted molar refractivity (Wildman–Crippen MR) is 140 cm³/mol. The van der Waals surface area contributed by atoms with Gasteiger partial charge in [0.1, 0.15) is 6.54 Å². The molecular formula is C28H44N4O4. The van der Waals surface area contributed by atoms with E-state index < -0.39 is 0 Å². The van der Waals surface area contributed by atoms with Crippen LogP contribution in [-0.4, -0.2) is 97.4 Å². The molecule has 0 aromatic heterocycles. The summed E-state index contributed by atoms with van der Waals surface area (Å²) in [5.41, 5.74) is 1.02. The Morgan fingerprint density at radius 1 is 1.17 bits per heavy atom. The van der Waals surface area contributed by atoms with Crippen LogP contribution in [-0.2, 0) is 15.1 Å². The number of nitrogens with one attached hydrogen (secondary N) is 1. The molecule has 3 aliphatic rings. The van der Waals surface area contributed by atoms with Crippen molar-refractivity contribution in [2.45, 2.75) is 68.5 Å². The van der Waals surface area contributed by atoms with Crippen molar-refractivity contribution in [2.75, 3.05) is 54.0 Å². The largest absolute Gasteiger partial charge is 0.393 e. The normalized spacial score (nSPS) is 30.5. The van der Waals surface area contributed by atoms with Crippen molar-refractivity contribution < 1.29 is 19.4 Å². The van der Waals surface area contributed by atoms with Gasteiger partial charge in [0.25, 0.3) is 0 Å². The van der Waals surface area contributed by atoms with Crippen molar-refractivity contribution in [3.63, 3.8) is 0 Å². The Labute approximate surface area is 216 Å². The first kappa shape index (κ1) is 26.9. The summed E-state index contributed by atoms with van der Waals surface area (Å²) in [4.78, 5) is 32.5. The first-order valence-electron chi connectivity index (χ1n) is 13.5. The molecule has 36 heavy (non-hydrogen) atoms. The van der Waals surface area contributed by atoms with Crippen molar-refractivity contribution in [3.8, 4) is 0 Å². The zero-order valence-corrected chi connectivity index (χ0v) is 22.2. The number of ether oxygens (including phenoxy) is 1. The maximum atomic E-state index is 13.6. The average Bonchev–Trinajstić information content (AvgIpc) is 3.40. The summed E-state index contributed by atoms with van der Waals surface area (Å²) in [6.45, 7) is 2.51. The van der Waals surface area contributed by atoms with Crippen LogP contribution in [0.5, 0.6) is 0 Å². The average molecular weight is 501 g/mol. The van der Waals surface area contributed by atoms with Gasteiger partial charge < -0.3 is 25.0 Å². The molecule has 3 fully saturated rings. The molecule has 1 heterocycles. The van der Waals surface area contributed by atoms with E-state index in [9.17, 15) is 14.7 Å². The van der Waals surface area contributed by atoms with Crippen LogP contribution in [0.1, 0.15) is 56.9 Å². The minimum Gasteiger partial charge on any atom is -0.393 e. The molecule has 8 nitrogen and oxygen atoms in total. The molecule has 1 aliphatic heterocycles. The van der Waals surface area contributed by atoms with Gasteiger partial charge in [0, 0.05) is 38.9 Å². The van der Waals surface area contributed by atoms with Crippen LogP contribution >= 0.6 is 0 Å². The van der Waals surface area contributed by atoms with E-state index in [-0.39, 0.29) is 35.7 Å². The number of urea groups is 1. The van der Waals surface area contributed by atoms with Gasteiger partial charge in [-0.2, -0.15) is 0 Å². The minimum absolute atomic E-state index is 0.0328. The van der Waals surface area contributed by atoms with E-state index in [1.54, 1.807) is 12.0 Å². The highest BCUT2D eigenvalue weighted by molar-refractivity contribution is 5.86. The Kier molecular flexibility index (Phi) is 8.58. The Morgan fingerprint density at radius 3 is 2.50 bits per heavy atom. The van der Waals surface area contributed by atoms with Gasteiger partial charge >= 0.3 is 6.03 Å². The molecule has 1 spiro atoms. The summed E-state index contributed by atoms with van der Waals surface area (Å²) in [5, 5.41) is 12.8. The van der Waals surface area contributed by atoms with E-state index in [2.05, 4.69) is 54.6 Å². The summed E-state index contributed by atoms with van der Waals surface area (Å²) in [6, 6.07) is 10.7. The lowest BCUT2D eigenvalue weighted by molar-refractivity contribution is -0.121. The minimum atomic E-state index is -0.255. The molecule has 2 saturated carbocycles. The van der Waals surface area contributed by atoms with Crippen LogP contribution in [0, 0.1) is 5.92 Å². The highest BCUT2D eigenvalue weighted by atomic mass is 16.5. The Bertz CT molecular complexity index is 885. The fourth-order valence-electron chi connectivity index (χ4n) is 6.73. The number of aliphatic hydroxyl groups excluding tert-OH is 1. The lowest BCUT2D eigenvalue weighted by Gasteiger charge is -2.51. The fourth-order valence-corrected chi connectivity index (χ4v) is 6.73. The van der Waals surface area contributed by atoms with Gasteiger partial charge in [0.2, 0.25) is 5.91 Å². The summed E-state index contributed by atoms with van der Waals surface area (Å²) < 4.78 is 5.27. The summed E-state index contributed by atoms with van der Waals surface area (Å²) in [7, 11) is 6.00. The highest BCUT2D eigenvalue weighted by Gasteiger charge is 2.54. The van der Waals surface area contributed by atoms with Gasteiger partial charge in [-0.15, -0.1) is 0 Å². The summed E-state index contributed by atoms with van der Waals surface area (Å²) in [6.07, 6.45) is 6.75. The fraction of sp³-hybridized carbons (Fsp3) is 0.714. The Hall–Kier alpha value is -2.16. The van der Waals surface area contributed by atoms with Crippen LogP contribution in [0.3, 0.4) is 0 Å². The SMILES string of the molecule is COCCCN1C(=O)N(CC(=O)NC[C@@H]2CC[C@H](O)C2)CC12CCC(c1ccccc1)(N(C)C)CC2. The van der Waals surface area contributed by atoms with Crippen molar-refractivity contribution in [3.05, 3.63) is 35.9 Å². The standard InChI is InChI=1S/C28H44N4O4/c1-30(2)28(23-8-5-4-6-9-23)14-12-27(13-15-28)21-31(26(35)32(27)16-7-17-36-3)20-25(34)29-19-22-10-11-24(33)18-22/h4-6,8-9,22,24,33H,7,10-21H2,1-3H3,(H,29,34)/t22-,24+,27?,28?/m1/s1. The van der Waals surface area contributed by atoms with Gasteiger partial charge in [0.05, 0.1) is 11.6 Å². The van der Waals surface area contributed by atoms with E-state index in [0.29, 0.717) is 32.2 Å². The smallest absolute Gasteiger partial charge is 0.321 e. The monoisotopic (exact) mass is 500 g/mol. The molecule has 0 bridgehead atoms. The molecule has 1 aromatic carbocycles. The van der Waals surface area contributed by atoms with Crippen molar-refractivity contribution in [1.82, 2.24) is 20.0 Å². The lowest BCUT2D eigenvalue weighted by Crippen LogP contribution is -2.55. The number of carbonyl (C=O) groups is 2. The lowest BCUT2D eigenvalue weighted by atomic mass is 9.68. The summed E-state index contributed by atoms with van der Waals surface area (Å²) >= 11 is 0. The molecular weight excluding hydrogens is 456 g/mol. The van der Waals surface area contributed by atoms with Crippen LogP contribution < -0.4 is 5.32 Å². The number of benzene rings is 1. The summed E-state index contributed by atoms with van der Waals surface area (Å²) in [5.74, 6) is 0.215.